The number of nitrogens with two attached hydrogens (primary N) is 1. The summed E-state index contributed by atoms with van der Waals surface area (Å²) in [5, 5.41) is 0. The molecule has 1 rings (SSSR count). The second-order valence-corrected chi connectivity index (χ2v) is 4.43. The molecule has 0 saturated carbocycles. The van der Waals surface area contributed by atoms with E-state index in [2.05, 4.69) is 26.0 Å². The van der Waals surface area contributed by atoms with Crippen molar-refractivity contribution in [3.8, 4) is 0 Å². The van der Waals surface area contributed by atoms with E-state index in [1.54, 1.807) is 0 Å². The highest BCUT2D eigenvalue weighted by molar-refractivity contribution is 14.1. The van der Waals surface area contributed by atoms with E-state index in [-0.39, 0.29) is 6.04 Å². The molecule has 0 spiro atoms. The number of hydrogen-bond acceptors (Lipinski definition) is 3. The zero-order chi connectivity index (χ0) is 8.27. The third-order valence-electron chi connectivity index (χ3n) is 1.99. The maximum absolute atomic E-state index is 5.79. The summed E-state index contributed by atoms with van der Waals surface area (Å²) in [6, 6.07) is 0.241. The van der Waals surface area contributed by atoms with Crippen LogP contribution in [0, 0.1) is 5.92 Å². The van der Waals surface area contributed by atoms with Gasteiger partial charge in [0.05, 0.1) is 13.2 Å². The van der Waals surface area contributed by atoms with Gasteiger partial charge in [0.2, 0.25) is 0 Å². The SMILES string of the molecule is CC(N)C1COCCN(I)C1. The lowest BCUT2D eigenvalue weighted by Crippen LogP contribution is -2.35. The summed E-state index contributed by atoms with van der Waals surface area (Å²) < 4.78 is 7.66. The number of rotatable bonds is 1. The van der Waals surface area contributed by atoms with Gasteiger partial charge in [-0.1, -0.05) is 0 Å². The molecule has 1 aliphatic rings. The van der Waals surface area contributed by atoms with E-state index in [0.717, 1.165) is 26.3 Å². The molecule has 3 nitrogen and oxygen atoms in total. The van der Waals surface area contributed by atoms with E-state index >= 15 is 0 Å². The molecular weight excluding hydrogens is 255 g/mol. The second kappa shape index (κ2) is 4.59. The van der Waals surface area contributed by atoms with Gasteiger partial charge in [0.1, 0.15) is 0 Å². The highest BCUT2D eigenvalue weighted by atomic mass is 127. The van der Waals surface area contributed by atoms with E-state index in [0.29, 0.717) is 5.92 Å². The Labute approximate surface area is 81.8 Å². The molecule has 1 fully saturated rings. The summed E-state index contributed by atoms with van der Waals surface area (Å²) in [5.41, 5.74) is 5.79. The average molecular weight is 270 g/mol. The summed E-state index contributed by atoms with van der Waals surface area (Å²) in [7, 11) is 0. The molecule has 11 heavy (non-hydrogen) atoms. The number of ether oxygens (including phenoxy) is 1. The smallest absolute Gasteiger partial charge is 0.0601 e. The Kier molecular flexibility index (Phi) is 4.05. The van der Waals surface area contributed by atoms with Crippen molar-refractivity contribution in [3.63, 3.8) is 0 Å². The Morgan fingerprint density at radius 1 is 1.73 bits per heavy atom. The third-order valence-corrected chi connectivity index (χ3v) is 2.86. The number of nitrogens with zero attached hydrogens (tertiary/aromatic N) is 1. The fourth-order valence-corrected chi connectivity index (χ4v) is 1.82. The quantitative estimate of drug-likeness (QED) is 0.561. The minimum Gasteiger partial charge on any atom is -0.380 e. The van der Waals surface area contributed by atoms with Crippen molar-refractivity contribution in [3.05, 3.63) is 0 Å². The van der Waals surface area contributed by atoms with Gasteiger partial charge in [-0.2, -0.15) is 0 Å². The van der Waals surface area contributed by atoms with Gasteiger partial charge in [-0.3, -0.25) is 0 Å². The van der Waals surface area contributed by atoms with Crippen molar-refractivity contribution in [2.24, 2.45) is 11.7 Å². The van der Waals surface area contributed by atoms with Crippen molar-refractivity contribution in [2.75, 3.05) is 26.3 Å². The van der Waals surface area contributed by atoms with Crippen LogP contribution in [-0.4, -0.2) is 35.5 Å². The summed E-state index contributed by atoms with van der Waals surface area (Å²) >= 11 is 2.33. The Hall–Kier alpha value is 0.610. The Morgan fingerprint density at radius 3 is 3.09 bits per heavy atom. The second-order valence-electron chi connectivity index (χ2n) is 3.06. The molecule has 1 heterocycles. The van der Waals surface area contributed by atoms with Crippen molar-refractivity contribution < 1.29 is 4.74 Å². The van der Waals surface area contributed by atoms with Crippen LogP contribution in [0.15, 0.2) is 0 Å². The van der Waals surface area contributed by atoms with Crippen molar-refractivity contribution >= 4 is 22.9 Å². The highest BCUT2D eigenvalue weighted by Gasteiger charge is 2.19. The Bertz CT molecular complexity index is 121. The third kappa shape index (κ3) is 3.23. The lowest BCUT2D eigenvalue weighted by Gasteiger charge is -2.20. The number of hydrogen-bond donors (Lipinski definition) is 1. The molecule has 1 saturated heterocycles. The van der Waals surface area contributed by atoms with Gasteiger partial charge in [-0.15, -0.1) is 0 Å². The van der Waals surface area contributed by atoms with E-state index in [4.69, 9.17) is 10.5 Å². The van der Waals surface area contributed by atoms with Crippen molar-refractivity contribution in [2.45, 2.75) is 13.0 Å². The summed E-state index contributed by atoms with van der Waals surface area (Å²) in [6.45, 7) is 5.77. The molecule has 2 N–H and O–H groups in total. The lowest BCUT2D eigenvalue weighted by molar-refractivity contribution is 0.116. The van der Waals surface area contributed by atoms with Crippen LogP contribution in [0.25, 0.3) is 0 Å². The van der Waals surface area contributed by atoms with Crippen LogP contribution >= 0.6 is 22.9 Å². The zero-order valence-electron chi connectivity index (χ0n) is 6.79. The molecule has 0 aromatic rings. The van der Waals surface area contributed by atoms with E-state index < -0.39 is 0 Å². The summed E-state index contributed by atoms with van der Waals surface area (Å²) in [6.07, 6.45) is 0. The molecule has 66 valence electrons. The van der Waals surface area contributed by atoms with Crippen LogP contribution < -0.4 is 5.73 Å². The first kappa shape index (κ1) is 9.70. The molecule has 2 unspecified atom stereocenters. The normalized spacial score (nSPS) is 31.4. The van der Waals surface area contributed by atoms with Gasteiger partial charge in [0.25, 0.3) is 0 Å². The van der Waals surface area contributed by atoms with Gasteiger partial charge in [-0.05, 0) is 6.92 Å². The van der Waals surface area contributed by atoms with Gasteiger partial charge in [-0.25, -0.2) is 3.11 Å². The van der Waals surface area contributed by atoms with Gasteiger partial charge in [0, 0.05) is 47.9 Å². The van der Waals surface area contributed by atoms with Gasteiger partial charge >= 0.3 is 0 Å². The predicted octanol–water partition coefficient (Wildman–Crippen LogP) is 0.632. The van der Waals surface area contributed by atoms with Crippen LogP contribution in [0.3, 0.4) is 0 Å². The molecule has 2 atom stereocenters. The molecule has 0 aliphatic carbocycles. The first-order chi connectivity index (χ1) is 5.20. The molecule has 0 aromatic heterocycles. The topological polar surface area (TPSA) is 38.5 Å². The lowest BCUT2D eigenvalue weighted by atomic mass is 10.0. The minimum atomic E-state index is 0.241. The molecule has 0 bridgehead atoms. The van der Waals surface area contributed by atoms with E-state index in [1.807, 2.05) is 6.92 Å². The first-order valence-corrected chi connectivity index (χ1v) is 4.90. The van der Waals surface area contributed by atoms with E-state index in [9.17, 15) is 0 Å². The monoisotopic (exact) mass is 270 g/mol. The van der Waals surface area contributed by atoms with Crippen molar-refractivity contribution in [1.82, 2.24) is 3.11 Å². The van der Waals surface area contributed by atoms with Gasteiger partial charge < -0.3 is 10.5 Å². The highest BCUT2D eigenvalue weighted by Crippen LogP contribution is 2.12. The Balaban J connectivity index is 2.39. The van der Waals surface area contributed by atoms with Crippen LogP contribution in [0.5, 0.6) is 0 Å². The van der Waals surface area contributed by atoms with Crippen molar-refractivity contribution in [1.29, 1.82) is 0 Å². The van der Waals surface area contributed by atoms with E-state index in [1.165, 1.54) is 0 Å². The van der Waals surface area contributed by atoms with Crippen LogP contribution in [0.4, 0.5) is 0 Å². The first-order valence-electron chi connectivity index (χ1n) is 3.94. The average Bonchev–Trinajstić information content (AvgIpc) is 2.13. The molecule has 0 radical (unpaired) electrons. The Morgan fingerprint density at radius 2 is 2.45 bits per heavy atom. The summed E-state index contributed by atoms with van der Waals surface area (Å²) in [5.74, 6) is 0.495. The van der Waals surface area contributed by atoms with Gasteiger partial charge in [0.15, 0.2) is 0 Å². The maximum Gasteiger partial charge on any atom is 0.0601 e. The van der Waals surface area contributed by atoms with Crippen LogP contribution in [0.2, 0.25) is 0 Å². The molecule has 4 heteroatoms. The minimum absolute atomic E-state index is 0.241. The predicted molar refractivity (Wildman–Crippen MR) is 53.6 cm³/mol. The zero-order valence-corrected chi connectivity index (χ0v) is 8.95. The molecule has 1 aliphatic heterocycles. The standard InChI is InChI=1S/C7H15IN2O/c1-6(9)7-4-10(8)2-3-11-5-7/h6-7H,2-5,9H2,1H3. The fraction of sp³-hybridized carbons (Fsp3) is 1.00. The molecular formula is C7H15IN2O. The largest absolute Gasteiger partial charge is 0.380 e. The van der Waals surface area contributed by atoms with Crippen LogP contribution in [0.1, 0.15) is 6.92 Å². The summed E-state index contributed by atoms with van der Waals surface area (Å²) in [4.78, 5) is 0. The molecule has 0 amide bonds. The number of halogens is 1. The maximum atomic E-state index is 5.79. The fourth-order valence-electron chi connectivity index (χ4n) is 1.11. The molecule has 0 aromatic carbocycles. The van der Waals surface area contributed by atoms with Crippen LogP contribution in [-0.2, 0) is 4.74 Å².